The zero-order valence-corrected chi connectivity index (χ0v) is 18.5. The molecule has 2 N–H and O–H groups in total. The van der Waals surface area contributed by atoms with Crippen molar-refractivity contribution in [3.63, 3.8) is 0 Å². The lowest BCUT2D eigenvalue weighted by molar-refractivity contribution is -0.144. The second-order valence-corrected chi connectivity index (χ2v) is 8.23. The molecule has 2 aliphatic rings. The van der Waals surface area contributed by atoms with E-state index in [0.29, 0.717) is 0 Å². The topological polar surface area (TPSA) is 119 Å². The number of nitrogens with one attached hydrogen (secondary N) is 2. The number of likely N-dealkylation sites (tertiary alicyclic amines) is 1. The zero-order valence-electron chi connectivity index (χ0n) is 18.5. The van der Waals surface area contributed by atoms with Crippen molar-refractivity contribution in [3.8, 4) is 0 Å². The molecule has 172 valence electrons. The smallest absolute Gasteiger partial charge is 0.324 e. The van der Waals surface area contributed by atoms with Gasteiger partial charge in [-0.2, -0.15) is 0 Å². The summed E-state index contributed by atoms with van der Waals surface area (Å²) in [4.78, 5) is 66.3. The Kier molecular flexibility index (Phi) is 7.12. The minimum Gasteiger partial charge on any atom is -0.351 e. The third kappa shape index (κ3) is 4.90. The Hall–Kier alpha value is -3.43. The molecule has 2 aliphatic heterocycles. The van der Waals surface area contributed by atoms with Crippen LogP contribution in [-0.2, 0) is 19.2 Å². The zero-order chi connectivity index (χ0) is 23.4. The average Bonchev–Trinajstić information content (AvgIpc) is 3.11. The van der Waals surface area contributed by atoms with Crippen LogP contribution in [0.25, 0.3) is 0 Å². The van der Waals surface area contributed by atoms with Crippen molar-refractivity contribution in [1.29, 1.82) is 0 Å². The fourth-order valence-electron chi connectivity index (χ4n) is 4.34. The summed E-state index contributed by atoms with van der Waals surface area (Å²) in [6.07, 6.45) is 0.333. The maximum atomic E-state index is 13.4. The predicted molar refractivity (Wildman–Crippen MR) is 115 cm³/mol. The largest absolute Gasteiger partial charge is 0.351 e. The molecule has 10 nitrogen and oxygen atoms in total. The van der Waals surface area contributed by atoms with E-state index in [2.05, 4.69) is 10.6 Å². The Morgan fingerprint density at radius 2 is 1.84 bits per heavy atom. The molecule has 6 amide bonds. The van der Waals surface area contributed by atoms with Crippen molar-refractivity contribution >= 4 is 29.7 Å². The molecular weight excluding hydrogens is 414 g/mol. The maximum absolute atomic E-state index is 13.4. The highest BCUT2D eigenvalue weighted by molar-refractivity contribution is 5.97. The second kappa shape index (κ2) is 9.80. The van der Waals surface area contributed by atoms with E-state index >= 15 is 0 Å². The first kappa shape index (κ1) is 23.2. The fourth-order valence-corrected chi connectivity index (χ4v) is 4.34. The highest BCUT2D eigenvalue weighted by atomic mass is 16.2. The van der Waals surface area contributed by atoms with E-state index in [9.17, 15) is 24.0 Å². The quantitative estimate of drug-likeness (QED) is 0.653. The van der Waals surface area contributed by atoms with Gasteiger partial charge in [0.05, 0.1) is 12.1 Å². The molecule has 10 heteroatoms. The Morgan fingerprint density at radius 3 is 2.44 bits per heavy atom. The number of nitrogens with zero attached hydrogens (tertiary/aromatic N) is 3. The van der Waals surface area contributed by atoms with Crippen LogP contribution in [0.1, 0.15) is 37.8 Å². The molecule has 0 bridgehead atoms. The van der Waals surface area contributed by atoms with Crippen molar-refractivity contribution in [3.05, 3.63) is 35.9 Å². The summed E-state index contributed by atoms with van der Waals surface area (Å²) < 4.78 is 0. The van der Waals surface area contributed by atoms with Crippen LogP contribution in [0.3, 0.4) is 0 Å². The van der Waals surface area contributed by atoms with Crippen LogP contribution in [0, 0.1) is 0 Å². The van der Waals surface area contributed by atoms with Crippen molar-refractivity contribution in [2.45, 2.75) is 44.3 Å². The van der Waals surface area contributed by atoms with Crippen LogP contribution < -0.4 is 10.6 Å². The van der Waals surface area contributed by atoms with Gasteiger partial charge >= 0.3 is 6.03 Å². The number of urea groups is 1. The van der Waals surface area contributed by atoms with Crippen molar-refractivity contribution in [2.24, 2.45) is 0 Å². The minimum absolute atomic E-state index is 0.0742. The Bertz CT molecular complexity index is 887. The highest BCUT2D eigenvalue weighted by Gasteiger charge is 2.48. The normalized spacial score (nSPS) is 23.0. The molecule has 3 atom stereocenters. The van der Waals surface area contributed by atoms with Gasteiger partial charge in [-0.1, -0.05) is 30.3 Å². The number of hydrogen-bond donors (Lipinski definition) is 2. The van der Waals surface area contributed by atoms with E-state index in [-0.39, 0.29) is 56.0 Å². The van der Waals surface area contributed by atoms with Gasteiger partial charge < -0.3 is 20.4 Å². The Balaban J connectivity index is 1.91. The number of rotatable bonds is 6. The SMILES string of the molecule is CC(=O)N[C@H]1C[C@@H](C(=O)N(C)C)N(C(=O)CCN2C(=O)CCNC2=O)[C@H]1c1ccccc1. The molecule has 2 fully saturated rings. The van der Waals surface area contributed by atoms with Gasteiger partial charge in [0.25, 0.3) is 0 Å². The van der Waals surface area contributed by atoms with Gasteiger partial charge in [0, 0.05) is 47.0 Å². The molecule has 0 unspecified atom stereocenters. The Labute approximate surface area is 186 Å². The fraction of sp³-hybridized carbons (Fsp3) is 0.500. The first-order valence-corrected chi connectivity index (χ1v) is 10.6. The number of carbonyl (C=O) groups excluding carboxylic acids is 5. The second-order valence-electron chi connectivity index (χ2n) is 8.23. The van der Waals surface area contributed by atoms with Gasteiger partial charge in [-0.3, -0.25) is 24.1 Å². The molecule has 32 heavy (non-hydrogen) atoms. The third-order valence-electron chi connectivity index (χ3n) is 5.75. The predicted octanol–water partition coefficient (Wildman–Crippen LogP) is 0.254. The maximum Gasteiger partial charge on any atom is 0.324 e. The van der Waals surface area contributed by atoms with Crippen LogP contribution in [0.15, 0.2) is 30.3 Å². The van der Waals surface area contributed by atoms with Crippen LogP contribution >= 0.6 is 0 Å². The summed E-state index contributed by atoms with van der Waals surface area (Å²) in [7, 11) is 3.23. The molecule has 0 aromatic heterocycles. The summed E-state index contributed by atoms with van der Waals surface area (Å²) in [5, 5.41) is 5.48. The molecule has 0 saturated carbocycles. The van der Waals surface area contributed by atoms with Crippen molar-refractivity contribution in [2.75, 3.05) is 27.2 Å². The number of amides is 6. The highest BCUT2D eigenvalue weighted by Crippen LogP contribution is 2.37. The average molecular weight is 444 g/mol. The molecule has 1 aromatic rings. The standard InChI is InChI=1S/C22H29N5O5/c1-14(28)24-16-13-17(21(31)25(2)3)27(20(16)15-7-5-4-6-8-15)19(30)10-12-26-18(29)9-11-23-22(26)32/h4-8,16-17,20H,9-13H2,1-3H3,(H,23,32)(H,24,28)/t16-,17-,20-/m0/s1. The third-order valence-corrected chi connectivity index (χ3v) is 5.75. The van der Waals surface area contributed by atoms with Crippen molar-refractivity contribution in [1.82, 2.24) is 25.3 Å². The summed E-state index contributed by atoms with van der Waals surface area (Å²) in [5.41, 5.74) is 0.792. The molecule has 1 aromatic carbocycles. The van der Waals surface area contributed by atoms with Gasteiger partial charge in [0.2, 0.25) is 23.6 Å². The van der Waals surface area contributed by atoms with Crippen molar-refractivity contribution < 1.29 is 24.0 Å². The van der Waals surface area contributed by atoms with E-state index in [0.717, 1.165) is 10.5 Å². The first-order valence-electron chi connectivity index (χ1n) is 10.6. The van der Waals surface area contributed by atoms with Gasteiger partial charge in [0.1, 0.15) is 6.04 Å². The van der Waals surface area contributed by atoms with E-state index in [1.165, 1.54) is 16.7 Å². The molecule has 0 radical (unpaired) electrons. The Morgan fingerprint density at radius 1 is 1.16 bits per heavy atom. The first-order chi connectivity index (χ1) is 15.2. The molecule has 0 aliphatic carbocycles. The van der Waals surface area contributed by atoms with Gasteiger partial charge in [0.15, 0.2) is 0 Å². The minimum atomic E-state index is -0.773. The number of benzene rings is 1. The lowest BCUT2D eigenvalue weighted by atomic mass is 9.99. The number of hydrogen-bond acceptors (Lipinski definition) is 5. The van der Waals surface area contributed by atoms with E-state index in [4.69, 9.17) is 0 Å². The van der Waals surface area contributed by atoms with Crippen LogP contribution in [0.5, 0.6) is 0 Å². The van der Waals surface area contributed by atoms with Crippen LogP contribution in [-0.4, -0.2) is 83.6 Å². The van der Waals surface area contributed by atoms with E-state index in [1.807, 2.05) is 30.3 Å². The summed E-state index contributed by atoms with van der Waals surface area (Å²) in [5.74, 6) is -1.20. The molecule has 2 saturated heterocycles. The monoisotopic (exact) mass is 443 g/mol. The number of imide groups is 1. The summed E-state index contributed by atoms with van der Waals surface area (Å²) in [6.45, 7) is 1.60. The lowest BCUT2D eigenvalue weighted by Gasteiger charge is -2.33. The van der Waals surface area contributed by atoms with Crippen LogP contribution in [0.4, 0.5) is 4.79 Å². The number of carbonyl (C=O) groups is 5. The van der Waals surface area contributed by atoms with Gasteiger partial charge in [-0.25, -0.2) is 4.79 Å². The molecule has 3 rings (SSSR count). The van der Waals surface area contributed by atoms with E-state index < -0.39 is 24.2 Å². The molecule has 2 heterocycles. The summed E-state index contributed by atoms with van der Waals surface area (Å²) >= 11 is 0. The summed E-state index contributed by atoms with van der Waals surface area (Å²) in [6, 6.07) is 6.92. The van der Waals surface area contributed by atoms with E-state index in [1.54, 1.807) is 14.1 Å². The van der Waals surface area contributed by atoms with Gasteiger partial charge in [-0.15, -0.1) is 0 Å². The van der Waals surface area contributed by atoms with Crippen LogP contribution in [0.2, 0.25) is 0 Å². The lowest BCUT2D eigenvalue weighted by Crippen LogP contribution is -2.52. The molecular formula is C22H29N5O5. The number of likely N-dealkylation sites (N-methyl/N-ethyl adjacent to an activating group) is 1. The van der Waals surface area contributed by atoms with Gasteiger partial charge in [-0.05, 0) is 12.0 Å². The molecule has 0 spiro atoms.